The van der Waals surface area contributed by atoms with Gasteiger partial charge in [-0.2, -0.15) is 0 Å². The maximum Gasteiger partial charge on any atom is 0.227 e. The minimum atomic E-state index is -0.400. The van der Waals surface area contributed by atoms with Crippen LogP contribution in [0.15, 0.2) is 48.7 Å². The molecular weight excluding hydrogens is 498 g/mol. The molecule has 4 N–H and O–H groups in total. The number of primary amides is 1. The molecule has 2 aromatic carbocycles. The van der Waals surface area contributed by atoms with Crippen molar-refractivity contribution in [2.24, 2.45) is 5.73 Å². The first-order chi connectivity index (χ1) is 18.4. The minimum Gasteiger partial charge on any atom is -0.496 e. The van der Waals surface area contributed by atoms with Gasteiger partial charge in [-0.25, -0.2) is 9.97 Å². The van der Waals surface area contributed by atoms with Crippen molar-refractivity contribution in [3.05, 3.63) is 59.1 Å². The molecule has 0 saturated carbocycles. The number of piperidine rings is 1. The largest absolute Gasteiger partial charge is 0.496 e. The summed E-state index contributed by atoms with van der Waals surface area (Å²) in [6.07, 6.45) is 4.15. The highest BCUT2D eigenvalue weighted by atomic mass is 32.1. The van der Waals surface area contributed by atoms with Gasteiger partial charge in [0.15, 0.2) is 0 Å². The number of methoxy groups -OCH3 is 1. The number of hydrogen-bond acceptors (Lipinski definition) is 8. The van der Waals surface area contributed by atoms with Crippen LogP contribution in [0.2, 0.25) is 0 Å². The summed E-state index contributed by atoms with van der Waals surface area (Å²) in [4.78, 5) is 22.2. The highest BCUT2D eigenvalue weighted by Crippen LogP contribution is 2.42. The van der Waals surface area contributed by atoms with E-state index in [4.69, 9.17) is 20.2 Å². The lowest BCUT2D eigenvalue weighted by Crippen LogP contribution is -2.26. The first kappa shape index (κ1) is 25.9. The number of hydrogen-bond donors (Lipinski definition) is 3. The van der Waals surface area contributed by atoms with Crippen LogP contribution in [0.4, 0.5) is 11.6 Å². The van der Waals surface area contributed by atoms with Crippen LogP contribution in [0, 0.1) is 0 Å². The maximum absolute atomic E-state index is 11.9. The third kappa shape index (κ3) is 5.58. The Kier molecular flexibility index (Phi) is 7.76. The molecule has 0 atom stereocenters. The summed E-state index contributed by atoms with van der Waals surface area (Å²) in [5.74, 6) is 2.05. The van der Waals surface area contributed by atoms with Crippen molar-refractivity contribution < 1.29 is 14.3 Å². The van der Waals surface area contributed by atoms with E-state index in [1.807, 2.05) is 38.1 Å². The molecule has 3 heterocycles. The van der Waals surface area contributed by atoms with Gasteiger partial charge in [-0.1, -0.05) is 24.3 Å². The molecule has 1 fully saturated rings. The molecule has 0 aliphatic carbocycles. The zero-order valence-electron chi connectivity index (χ0n) is 21.9. The summed E-state index contributed by atoms with van der Waals surface area (Å²) in [5.41, 5.74) is 10.1. The van der Waals surface area contributed by atoms with Gasteiger partial charge in [0.1, 0.15) is 11.5 Å². The van der Waals surface area contributed by atoms with Gasteiger partial charge in [0.2, 0.25) is 11.9 Å². The van der Waals surface area contributed by atoms with Gasteiger partial charge in [-0.3, -0.25) is 4.79 Å². The van der Waals surface area contributed by atoms with Crippen LogP contribution in [0.3, 0.4) is 0 Å². The lowest BCUT2D eigenvalue weighted by atomic mass is 9.90. The number of para-hydroxylation sites is 1. The van der Waals surface area contributed by atoms with E-state index in [0.29, 0.717) is 17.6 Å². The number of benzene rings is 2. The Bertz CT molecular complexity index is 1450. The fourth-order valence-electron chi connectivity index (χ4n) is 4.94. The van der Waals surface area contributed by atoms with E-state index in [9.17, 15) is 4.79 Å². The smallest absolute Gasteiger partial charge is 0.227 e. The lowest BCUT2D eigenvalue weighted by Gasteiger charge is -2.24. The number of ether oxygens (including phenoxy) is 2. The Hall–Kier alpha value is -3.69. The van der Waals surface area contributed by atoms with Gasteiger partial charge in [-0.05, 0) is 69.5 Å². The molecule has 0 radical (unpaired) electrons. The van der Waals surface area contributed by atoms with Crippen molar-refractivity contribution in [1.29, 1.82) is 0 Å². The molecule has 0 unspecified atom stereocenters. The Morgan fingerprint density at radius 1 is 1.18 bits per heavy atom. The molecule has 38 heavy (non-hydrogen) atoms. The highest BCUT2D eigenvalue weighted by Gasteiger charge is 2.22. The van der Waals surface area contributed by atoms with E-state index < -0.39 is 5.91 Å². The third-order valence-electron chi connectivity index (χ3n) is 6.64. The number of aromatic nitrogens is 2. The fourth-order valence-corrected chi connectivity index (χ4v) is 6.07. The second-order valence-corrected chi connectivity index (χ2v) is 10.9. The number of fused-ring (bicyclic) bond motifs is 1. The predicted octanol–water partition coefficient (Wildman–Crippen LogP) is 5.39. The molecule has 9 heteroatoms. The average Bonchev–Trinajstić information content (AvgIpc) is 3.26. The van der Waals surface area contributed by atoms with Gasteiger partial charge >= 0.3 is 0 Å². The first-order valence-electron chi connectivity index (χ1n) is 12.9. The van der Waals surface area contributed by atoms with Gasteiger partial charge < -0.3 is 25.8 Å². The monoisotopic (exact) mass is 531 g/mol. The van der Waals surface area contributed by atoms with Crippen molar-refractivity contribution in [3.63, 3.8) is 0 Å². The molecular formula is C29H33N5O3S. The molecule has 0 bridgehead atoms. The normalized spacial score (nSPS) is 14.1. The molecule has 2 aromatic heterocycles. The summed E-state index contributed by atoms with van der Waals surface area (Å²) in [6, 6.07) is 14.1. The standard InChI is InChI=1S/C29H33N5O3S/c1-17(2)37-23-14-19(18-10-12-31-13-11-18)8-9-21(23)33-29-32-16-25-28(34-29)27(24(38-25)15-26(30)35)20-6-4-5-7-22(20)36-3/h4-9,14,16-18,31H,10-13,15H2,1-3H3,(H2,30,35)(H,32,33,34). The molecule has 1 amide bonds. The minimum absolute atomic E-state index is 0.0209. The van der Waals surface area contributed by atoms with Crippen LogP contribution in [0.1, 0.15) is 43.0 Å². The molecule has 0 spiro atoms. The highest BCUT2D eigenvalue weighted by molar-refractivity contribution is 7.19. The van der Waals surface area contributed by atoms with Crippen molar-refractivity contribution >= 4 is 39.1 Å². The summed E-state index contributed by atoms with van der Waals surface area (Å²) in [6.45, 7) is 6.11. The van der Waals surface area contributed by atoms with Gasteiger partial charge in [0, 0.05) is 16.0 Å². The molecule has 198 valence electrons. The van der Waals surface area contributed by atoms with E-state index in [2.05, 4.69) is 33.8 Å². The number of amides is 1. The number of anilines is 2. The molecule has 8 nitrogen and oxygen atoms in total. The zero-order valence-corrected chi connectivity index (χ0v) is 22.7. The molecule has 4 aromatic rings. The van der Waals surface area contributed by atoms with Crippen LogP contribution >= 0.6 is 11.3 Å². The lowest BCUT2D eigenvalue weighted by molar-refractivity contribution is -0.117. The van der Waals surface area contributed by atoms with Crippen LogP contribution in [0.5, 0.6) is 11.5 Å². The summed E-state index contributed by atoms with van der Waals surface area (Å²) in [5, 5.41) is 6.81. The second kappa shape index (κ2) is 11.4. The van der Waals surface area contributed by atoms with E-state index >= 15 is 0 Å². The third-order valence-corrected chi connectivity index (χ3v) is 7.75. The number of rotatable bonds is 9. The maximum atomic E-state index is 11.9. The SMILES string of the molecule is COc1ccccc1-c1c(CC(N)=O)sc2cnc(Nc3ccc(C4CCNCC4)cc3OC(C)C)nc12. The van der Waals surface area contributed by atoms with Crippen molar-refractivity contribution in [2.75, 3.05) is 25.5 Å². The zero-order chi connectivity index (χ0) is 26.6. The van der Waals surface area contributed by atoms with Gasteiger partial charge in [0.05, 0.1) is 41.7 Å². The number of thiophene rings is 1. The number of carbonyl (C=O) groups is 1. The van der Waals surface area contributed by atoms with E-state index in [0.717, 1.165) is 63.6 Å². The number of nitrogens with one attached hydrogen (secondary N) is 2. The van der Waals surface area contributed by atoms with E-state index in [1.165, 1.54) is 16.9 Å². The Balaban J connectivity index is 1.55. The van der Waals surface area contributed by atoms with Crippen molar-refractivity contribution in [2.45, 2.75) is 45.1 Å². The van der Waals surface area contributed by atoms with Crippen molar-refractivity contribution in [1.82, 2.24) is 15.3 Å². The van der Waals surface area contributed by atoms with Crippen LogP contribution in [-0.2, 0) is 11.2 Å². The van der Waals surface area contributed by atoms with Gasteiger partial charge in [-0.15, -0.1) is 11.3 Å². The summed E-state index contributed by atoms with van der Waals surface area (Å²) in [7, 11) is 1.63. The number of carbonyl (C=O) groups excluding carboxylic acids is 1. The van der Waals surface area contributed by atoms with Crippen LogP contribution in [0.25, 0.3) is 21.3 Å². The molecule has 1 saturated heterocycles. The van der Waals surface area contributed by atoms with E-state index in [1.54, 1.807) is 13.3 Å². The topological polar surface area (TPSA) is 111 Å². The van der Waals surface area contributed by atoms with Crippen LogP contribution < -0.4 is 25.8 Å². The van der Waals surface area contributed by atoms with E-state index in [-0.39, 0.29) is 12.5 Å². The Morgan fingerprint density at radius 3 is 2.71 bits per heavy atom. The summed E-state index contributed by atoms with van der Waals surface area (Å²) >= 11 is 1.47. The quantitative estimate of drug-likeness (QED) is 0.265. The number of nitrogens with two attached hydrogens (primary N) is 1. The number of nitrogens with zero attached hydrogens (tertiary/aromatic N) is 2. The van der Waals surface area contributed by atoms with Crippen LogP contribution in [-0.4, -0.2) is 42.2 Å². The molecule has 1 aliphatic heterocycles. The second-order valence-electron chi connectivity index (χ2n) is 9.72. The molecule has 5 rings (SSSR count). The Morgan fingerprint density at radius 2 is 1.97 bits per heavy atom. The van der Waals surface area contributed by atoms with Gasteiger partial charge in [0.25, 0.3) is 0 Å². The Labute approximate surface area is 226 Å². The average molecular weight is 532 g/mol. The summed E-state index contributed by atoms with van der Waals surface area (Å²) < 4.78 is 12.7. The predicted molar refractivity (Wildman–Crippen MR) is 153 cm³/mol. The van der Waals surface area contributed by atoms with Crippen molar-refractivity contribution in [3.8, 4) is 22.6 Å². The fraction of sp³-hybridized carbons (Fsp3) is 0.345. The molecule has 1 aliphatic rings. The first-order valence-corrected chi connectivity index (χ1v) is 13.7.